The van der Waals surface area contributed by atoms with Crippen LogP contribution in [-0.4, -0.2) is 99.7 Å². The van der Waals surface area contributed by atoms with E-state index >= 15 is 0 Å². The number of halogens is 1. The Balaban J connectivity index is 0.00000261. The third kappa shape index (κ3) is 6.45. The fourth-order valence-electron chi connectivity index (χ4n) is 4.08. The van der Waals surface area contributed by atoms with Crippen LogP contribution in [0.1, 0.15) is 32.1 Å². The van der Waals surface area contributed by atoms with Crippen molar-refractivity contribution < 1.29 is 9.53 Å². The van der Waals surface area contributed by atoms with Crippen molar-refractivity contribution in [2.24, 2.45) is 10.4 Å². The van der Waals surface area contributed by atoms with Crippen LogP contribution in [0.4, 0.5) is 0 Å². The molecule has 3 fully saturated rings. The molecule has 7 nitrogen and oxygen atoms in total. The Kier molecular flexibility index (Phi) is 9.07. The van der Waals surface area contributed by atoms with E-state index in [2.05, 4.69) is 20.1 Å². The van der Waals surface area contributed by atoms with Gasteiger partial charge in [-0.1, -0.05) is 6.42 Å². The predicted octanol–water partition coefficient (Wildman–Crippen LogP) is 1.24. The molecule has 1 N–H and O–H groups in total. The van der Waals surface area contributed by atoms with E-state index in [-0.39, 0.29) is 36.4 Å². The zero-order chi connectivity index (χ0) is 18.4. The van der Waals surface area contributed by atoms with Gasteiger partial charge in [-0.2, -0.15) is 0 Å². The average molecular weight is 493 g/mol. The summed E-state index contributed by atoms with van der Waals surface area (Å²) >= 11 is 0. The topological polar surface area (TPSA) is 60.4 Å². The number of likely N-dealkylation sites (N-methyl/N-ethyl adjacent to an activating group) is 1. The molecule has 27 heavy (non-hydrogen) atoms. The van der Waals surface area contributed by atoms with E-state index in [9.17, 15) is 4.79 Å². The van der Waals surface area contributed by atoms with Crippen LogP contribution in [0.3, 0.4) is 0 Å². The predicted molar refractivity (Wildman–Crippen MR) is 119 cm³/mol. The minimum Gasteiger partial charge on any atom is -0.379 e. The van der Waals surface area contributed by atoms with Crippen LogP contribution in [0.15, 0.2) is 4.99 Å². The van der Waals surface area contributed by atoms with E-state index < -0.39 is 0 Å². The minimum absolute atomic E-state index is 0. The molecule has 0 bridgehead atoms. The van der Waals surface area contributed by atoms with Crippen LogP contribution >= 0.6 is 24.0 Å². The molecular weight excluding hydrogens is 457 g/mol. The lowest BCUT2D eigenvalue weighted by atomic mass is 9.68. The number of hydrogen-bond donors (Lipinski definition) is 1. The van der Waals surface area contributed by atoms with Crippen molar-refractivity contribution in [3.05, 3.63) is 0 Å². The van der Waals surface area contributed by atoms with Crippen molar-refractivity contribution in [1.29, 1.82) is 0 Å². The van der Waals surface area contributed by atoms with Gasteiger partial charge in [0.25, 0.3) is 0 Å². The van der Waals surface area contributed by atoms with E-state index in [1.54, 1.807) is 19.0 Å². The fraction of sp³-hybridized carbons (Fsp3) is 0.895. The van der Waals surface area contributed by atoms with E-state index in [0.717, 1.165) is 64.9 Å². The third-order valence-corrected chi connectivity index (χ3v) is 6.05. The van der Waals surface area contributed by atoms with Gasteiger partial charge in [-0.15, -0.1) is 24.0 Å². The van der Waals surface area contributed by atoms with Gasteiger partial charge in [-0.05, 0) is 37.6 Å². The number of likely N-dealkylation sites (tertiary alicyclic amines) is 1. The zero-order valence-electron chi connectivity index (χ0n) is 16.9. The molecule has 1 amide bonds. The summed E-state index contributed by atoms with van der Waals surface area (Å²) in [5.41, 5.74) is 0.530. The highest BCUT2D eigenvalue weighted by atomic mass is 127. The van der Waals surface area contributed by atoms with Crippen molar-refractivity contribution in [3.63, 3.8) is 0 Å². The van der Waals surface area contributed by atoms with Crippen LogP contribution in [0.5, 0.6) is 0 Å². The summed E-state index contributed by atoms with van der Waals surface area (Å²) < 4.78 is 5.40. The smallest absolute Gasteiger partial charge is 0.243 e. The van der Waals surface area contributed by atoms with Gasteiger partial charge in [0.05, 0.1) is 13.2 Å². The molecule has 2 aliphatic heterocycles. The van der Waals surface area contributed by atoms with Crippen molar-refractivity contribution in [1.82, 2.24) is 20.0 Å². The minimum atomic E-state index is 0. The SMILES string of the molecule is CN(C)C(=O)CN=C(NCCCN1CCOCC1)N1CCC2(CCC2)C1.I. The molecule has 1 aliphatic carbocycles. The van der Waals surface area contributed by atoms with Crippen molar-refractivity contribution in [3.8, 4) is 0 Å². The molecule has 0 aromatic carbocycles. The first kappa shape index (κ1) is 22.7. The van der Waals surface area contributed by atoms with Crippen LogP contribution in [0.2, 0.25) is 0 Å². The van der Waals surface area contributed by atoms with E-state index in [1.807, 2.05) is 0 Å². The Labute approximate surface area is 180 Å². The highest BCUT2D eigenvalue weighted by Gasteiger charge is 2.43. The first-order valence-electron chi connectivity index (χ1n) is 10.1. The molecular formula is C19H36IN5O2. The number of amides is 1. The van der Waals surface area contributed by atoms with Gasteiger partial charge in [0.15, 0.2) is 5.96 Å². The first-order valence-corrected chi connectivity index (χ1v) is 10.1. The van der Waals surface area contributed by atoms with Gasteiger partial charge in [-0.25, -0.2) is 4.99 Å². The number of aliphatic imine (C=N–C) groups is 1. The monoisotopic (exact) mass is 493 g/mol. The largest absolute Gasteiger partial charge is 0.379 e. The summed E-state index contributed by atoms with van der Waals surface area (Å²) in [7, 11) is 3.57. The Bertz CT molecular complexity index is 504. The third-order valence-electron chi connectivity index (χ3n) is 6.05. The van der Waals surface area contributed by atoms with E-state index in [0.29, 0.717) is 5.41 Å². The summed E-state index contributed by atoms with van der Waals surface area (Å²) in [6, 6.07) is 0. The summed E-state index contributed by atoms with van der Waals surface area (Å²) in [6.45, 7) is 8.14. The molecule has 8 heteroatoms. The summed E-state index contributed by atoms with van der Waals surface area (Å²) in [6.07, 6.45) is 6.42. The lowest BCUT2D eigenvalue weighted by Crippen LogP contribution is -2.44. The number of carbonyl (C=O) groups is 1. The molecule has 3 aliphatic rings. The molecule has 0 aromatic heterocycles. The summed E-state index contributed by atoms with van der Waals surface area (Å²) in [5.74, 6) is 0.973. The maximum absolute atomic E-state index is 11.9. The van der Waals surface area contributed by atoms with Crippen LogP contribution in [0.25, 0.3) is 0 Å². The van der Waals surface area contributed by atoms with Crippen LogP contribution in [0, 0.1) is 5.41 Å². The highest BCUT2D eigenvalue weighted by molar-refractivity contribution is 14.0. The van der Waals surface area contributed by atoms with E-state index in [1.165, 1.54) is 25.7 Å². The molecule has 1 spiro atoms. The summed E-state index contributed by atoms with van der Waals surface area (Å²) in [5, 5.41) is 3.53. The standard InChI is InChI=1S/C19H35N5O2.HI/c1-22(2)17(25)15-21-18(24-10-7-19(16-24)5-3-6-19)20-8-4-9-23-11-13-26-14-12-23;/h3-16H2,1-2H3,(H,20,21);1H. The number of nitrogens with zero attached hydrogens (tertiary/aromatic N) is 4. The van der Waals surface area contributed by atoms with Gasteiger partial charge < -0.3 is 19.9 Å². The Morgan fingerprint density at radius 1 is 1.19 bits per heavy atom. The number of hydrogen-bond acceptors (Lipinski definition) is 4. The van der Waals surface area contributed by atoms with Gasteiger partial charge in [-0.3, -0.25) is 9.69 Å². The van der Waals surface area contributed by atoms with Crippen molar-refractivity contribution in [2.45, 2.75) is 32.1 Å². The van der Waals surface area contributed by atoms with Crippen LogP contribution in [-0.2, 0) is 9.53 Å². The van der Waals surface area contributed by atoms with Crippen LogP contribution < -0.4 is 5.32 Å². The molecule has 1 saturated carbocycles. The Morgan fingerprint density at radius 3 is 2.52 bits per heavy atom. The number of rotatable bonds is 6. The molecule has 0 aromatic rings. The lowest BCUT2D eigenvalue weighted by molar-refractivity contribution is -0.127. The maximum atomic E-state index is 11.9. The quantitative estimate of drug-likeness (QED) is 0.261. The molecule has 0 atom stereocenters. The van der Waals surface area contributed by atoms with Crippen molar-refractivity contribution >= 4 is 35.8 Å². The second-order valence-corrected chi connectivity index (χ2v) is 8.19. The highest BCUT2D eigenvalue weighted by Crippen LogP contribution is 2.47. The molecule has 2 heterocycles. The zero-order valence-corrected chi connectivity index (χ0v) is 19.2. The fourth-order valence-corrected chi connectivity index (χ4v) is 4.08. The second-order valence-electron chi connectivity index (χ2n) is 8.19. The van der Waals surface area contributed by atoms with Gasteiger partial charge >= 0.3 is 0 Å². The number of guanidine groups is 1. The Morgan fingerprint density at radius 2 is 1.93 bits per heavy atom. The number of ether oxygens (including phenoxy) is 1. The molecule has 0 radical (unpaired) electrons. The normalized spacial score (nSPS) is 22.3. The molecule has 2 saturated heterocycles. The van der Waals surface area contributed by atoms with Crippen molar-refractivity contribution in [2.75, 3.05) is 73.1 Å². The van der Waals surface area contributed by atoms with Gasteiger partial charge in [0, 0.05) is 46.8 Å². The Hall–Kier alpha value is -0.610. The first-order chi connectivity index (χ1) is 12.6. The number of carbonyl (C=O) groups excluding carboxylic acids is 1. The van der Waals surface area contributed by atoms with E-state index in [4.69, 9.17) is 4.74 Å². The number of nitrogens with one attached hydrogen (secondary N) is 1. The average Bonchev–Trinajstić information content (AvgIpc) is 3.07. The maximum Gasteiger partial charge on any atom is 0.243 e. The molecule has 156 valence electrons. The number of morpholine rings is 1. The second kappa shape index (κ2) is 10.8. The van der Waals surface area contributed by atoms with Gasteiger partial charge in [0.1, 0.15) is 6.54 Å². The molecule has 3 rings (SSSR count). The molecule has 0 unspecified atom stereocenters. The van der Waals surface area contributed by atoms with Gasteiger partial charge in [0.2, 0.25) is 5.91 Å². The summed E-state index contributed by atoms with van der Waals surface area (Å²) in [4.78, 5) is 23.0. The lowest BCUT2D eigenvalue weighted by Gasteiger charge is -2.38.